The Labute approximate surface area is 706 Å². The fourth-order valence-electron chi connectivity index (χ4n) is 18.9. The molecule has 7 N–H and O–H groups in total. The second-order valence-electron chi connectivity index (χ2n) is 34.8. The average Bonchev–Trinajstić information content (AvgIpc) is 1.51. The molecule has 7 fully saturated rings. The van der Waals surface area contributed by atoms with Crippen molar-refractivity contribution in [3.8, 4) is 51.4 Å². The Hall–Kier alpha value is -12.2. The number of likely N-dealkylation sites (N-methyl/N-ethyl adjacent to an activating group) is 3. The van der Waals surface area contributed by atoms with Gasteiger partial charge in [0, 0.05) is 110 Å². The molecule has 18 rings (SSSR count). The Bertz CT molecular complexity index is 5590. The van der Waals surface area contributed by atoms with Gasteiger partial charge in [0.1, 0.15) is 50.9 Å². The number of aliphatic hydroxyl groups is 1. The van der Waals surface area contributed by atoms with E-state index in [0.717, 1.165) is 38.5 Å². The Morgan fingerprint density at radius 3 is 1.60 bits per heavy atom. The van der Waals surface area contributed by atoms with E-state index in [4.69, 9.17) is 63.3 Å². The number of benzene rings is 3. The summed E-state index contributed by atoms with van der Waals surface area (Å²) in [4.78, 5) is 136. The summed E-state index contributed by atoms with van der Waals surface area (Å²) in [5.41, 5.74) is -0.771. The van der Waals surface area contributed by atoms with E-state index in [1.807, 2.05) is 39.5 Å². The maximum Gasteiger partial charge on any atom is 0.323 e. The van der Waals surface area contributed by atoms with Gasteiger partial charge in [0.15, 0.2) is 0 Å². The number of rotatable bonds is 21. The van der Waals surface area contributed by atoms with Crippen molar-refractivity contribution in [2.24, 2.45) is 0 Å². The van der Waals surface area contributed by atoms with Crippen LogP contribution in [0.25, 0.3) is 33.8 Å². The van der Waals surface area contributed by atoms with Crippen molar-refractivity contribution < 1.29 is 75.5 Å². The number of nitrogens with one attached hydrogen (secondary N) is 6. The first-order chi connectivity index (χ1) is 59.0. The second kappa shape index (κ2) is 31.9. The normalized spacial score (nSPS) is 24.7. The maximum absolute atomic E-state index is 17.1. The van der Waals surface area contributed by atoms with Crippen LogP contribution >= 0.6 is 0 Å². The number of carbonyl (C=O) groups is 6. The molecule has 36 heteroatoms. The van der Waals surface area contributed by atoms with Crippen LogP contribution in [0.3, 0.4) is 0 Å². The predicted octanol–water partition coefficient (Wildman–Crippen LogP) is 11.1. The highest BCUT2D eigenvalue weighted by Crippen LogP contribution is 2.60. The van der Waals surface area contributed by atoms with Crippen LogP contribution in [0.2, 0.25) is 0 Å². The van der Waals surface area contributed by atoms with E-state index in [9.17, 15) is 24.3 Å². The number of anilines is 8. The van der Waals surface area contributed by atoms with Crippen LogP contribution in [-0.4, -0.2) is 239 Å². The van der Waals surface area contributed by atoms with Crippen molar-refractivity contribution in [2.45, 2.75) is 185 Å². The maximum atomic E-state index is 17.1. The molecule has 3 aromatic carbocycles. The summed E-state index contributed by atoms with van der Waals surface area (Å²) in [7, 11) is 0. The Morgan fingerprint density at radius 1 is 0.537 bits per heavy atom. The molecule has 33 nitrogen and oxygen atoms in total. The van der Waals surface area contributed by atoms with Gasteiger partial charge in [-0.05, 0) is 162 Å². The summed E-state index contributed by atoms with van der Waals surface area (Å²) in [6.45, 7) is 19.3. The first kappa shape index (κ1) is 81.8. The van der Waals surface area contributed by atoms with E-state index >= 15 is 22.8 Å². The van der Waals surface area contributed by atoms with E-state index in [1.165, 1.54) is 36.4 Å². The summed E-state index contributed by atoms with van der Waals surface area (Å²) in [5, 5.41) is 27.0. The van der Waals surface area contributed by atoms with Crippen molar-refractivity contribution in [3.05, 3.63) is 136 Å². The monoisotopic (exact) mass is 1690 g/mol. The van der Waals surface area contributed by atoms with Crippen LogP contribution < -0.4 is 60.8 Å². The lowest BCUT2D eigenvalue weighted by molar-refractivity contribution is 0.0297. The molecule has 9 aliphatic heterocycles. The van der Waals surface area contributed by atoms with Gasteiger partial charge in [-0.2, -0.15) is 15.0 Å². The highest BCUT2D eigenvalue weighted by atomic mass is 19.1. The summed E-state index contributed by atoms with van der Waals surface area (Å²) >= 11 is 0. The number of hydrogen-bond donors (Lipinski definition) is 7. The van der Waals surface area contributed by atoms with Gasteiger partial charge in [0.25, 0.3) is 17.7 Å². The molecule has 0 radical (unpaired) electrons. The zero-order valence-electron chi connectivity index (χ0n) is 69.7. The van der Waals surface area contributed by atoms with Crippen molar-refractivity contribution >= 4 is 82.1 Å². The SMILES string of the molecule is CCN1CC(C)(C)Oc2nc(N3CC4CCC(C3)O4)nc(-c3ccc(NC(=O)NC(CO)CCC4(C)CN(CC)C(=O)c5c(nc(N6CC7CC68CC8O7)nc5-c5ccc(NC(=O)Nc6cc(C)nc(CC7(C)CN(CC)C(=O)c8c(nc(N9C%10CCC9COC%10)nc8-c8ccc(NC(=O)Nc9ccnc(C)c9)c(F)c8)O7)c6)c(F)c5)O4)c(F)c3)c2C1=O. The van der Waals surface area contributed by atoms with E-state index in [0.29, 0.717) is 73.8 Å². The molecule has 1 aliphatic carbocycles. The van der Waals surface area contributed by atoms with Gasteiger partial charge in [-0.1, -0.05) is 18.2 Å². The third kappa shape index (κ3) is 16.1. The largest absolute Gasteiger partial charge is 0.469 e. The summed E-state index contributed by atoms with van der Waals surface area (Å²) in [6, 6.07) is 15.6. The van der Waals surface area contributed by atoms with Crippen LogP contribution in [-0.2, 0) is 20.6 Å². The molecule has 10 atom stereocenters. The minimum absolute atomic E-state index is 0.00711. The molecule has 6 saturated heterocycles. The van der Waals surface area contributed by atoms with Gasteiger partial charge in [0.05, 0.1) is 122 Å². The predicted molar refractivity (Wildman–Crippen MR) is 447 cm³/mol. The van der Waals surface area contributed by atoms with Gasteiger partial charge < -0.3 is 94.8 Å². The zero-order chi connectivity index (χ0) is 85.9. The molecule has 644 valence electrons. The van der Waals surface area contributed by atoms with E-state index in [1.54, 1.807) is 91.1 Å². The minimum Gasteiger partial charge on any atom is -0.469 e. The Kier molecular flexibility index (Phi) is 21.3. The number of aryl methyl sites for hydroxylation is 2. The molecule has 1 saturated carbocycles. The third-order valence-corrected chi connectivity index (χ3v) is 24.8. The zero-order valence-corrected chi connectivity index (χ0v) is 69.7. The molecule has 1 spiro atoms. The number of halogens is 3. The van der Waals surface area contributed by atoms with E-state index in [2.05, 4.69) is 46.7 Å². The molecular weight excluding hydrogens is 1590 g/mol. The van der Waals surface area contributed by atoms with Crippen molar-refractivity contribution in [2.75, 3.05) is 120 Å². The number of nitrogens with zero attached hydrogens (tertiary/aromatic N) is 14. The number of aliphatic hydroxyl groups excluding tert-OH is 1. The summed E-state index contributed by atoms with van der Waals surface area (Å²) in [6.07, 6.45) is 6.54. The number of morpholine rings is 3. The molecule has 14 heterocycles. The molecule has 6 bridgehead atoms. The number of hydrogen-bond acceptors (Lipinski definition) is 24. The fraction of sp³-hybridized carbons (Fsp3) is 0.471. The lowest BCUT2D eigenvalue weighted by Gasteiger charge is -2.35. The molecular formula is C87H97F3N20O13. The van der Waals surface area contributed by atoms with Gasteiger partial charge in [-0.15, -0.1) is 0 Å². The molecule has 8 aromatic rings. The van der Waals surface area contributed by atoms with Gasteiger partial charge in [-0.25, -0.2) is 42.5 Å². The molecule has 10 unspecified atom stereocenters. The smallest absolute Gasteiger partial charge is 0.323 e. The minimum atomic E-state index is -1.24. The first-order valence-electron chi connectivity index (χ1n) is 42.0. The number of amides is 9. The van der Waals surface area contributed by atoms with Crippen LogP contribution in [0.4, 0.5) is 73.8 Å². The quantitative estimate of drug-likeness (QED) is 0.0351. The van der Waals surface area contributed by atoms with Crippen molar-refractivity contribution in [1.29, 1.82) is 0 Å². The highest BCUT2D eigenvalue weighted by Gasteiger charge is 2.71. The van der Waals surface area contributed by atoms with Crippen LogP contribution in [0.15, 0.2) is 85.1 Å². The van der Waals surface area contributed by atoms with Gasteiger partial charge >= 0.3 is 18.1 Å². The standard InChI is InChI=1S/C87H97F3N20O13/c1-10-105-42-84(6,7)121-72-66(75(105)112)69(99-78(102-72)108-36-56-18-19-57(37-108)119-56)47-13-20-63(59(88)29-47)97-82(116)94-51(39-111)23-25-85(8)43-106(11-2)76(113)67-70(100-79(103-73(67)122-85)109-38-58-34-87(109)35-65(87)120-58)48-14-21-64(60(89)30-48)98-83(117)95-52-28-46(5)92-53(32-52)33-86(9)44-107(12-3)77(114)68-71(101-80(104-74(68)123-86)110-54-16-17-55(110)41-118-40-54)49-15-22-62(61(90)31-49)96-81(115)93-50-24-26-91-45(4)27-50/h13-15,20-22,24,26-32,51,54-58,65,111H,10-12,16-19,23,25,33-44H2,1-9H3,(H2,94,97,116)(H2,91,93,96,115)(H2,92,95,98,117). The summed E-state index contributed by atoms with van der Waals surface area (Å²) in [5.74, 6) is -3.01. The number of carbonyl (C=O) groups excluding carboxylic acids is 6. The topological polar surface area (TPSA) is 373 Å². The van der Waals surface area contributed by atoms with E-state index < -0.39 is 76.8 Å². The van der Waals surface area contributed by atoms with Gasteiger partial charge in [0.2, 0.25) is 35.5 Å². The lowest BCUT2D eigenvalue weighted by atomic mass is 9.96. The number of fused-ring (bicyclic) bond motifs is 8. The first-order valence-corrected chi connectivity index (χ1v) is 42.0. The molecule has 123 heavy (non-hydrogen) atoms. The van der Waals surface area contributed by atoms with Crippen LogP contribution in [0.1, 0.15) is 148 Å². The number of pyridine rings is 2. The number of aromatic nitrogens is 8. The van der Waals surface area contributed by atoms with E-state index in [-0.39, 0.29) is 197 Å². The van der Waals surface area contributed by atoms with Gasteiger partial charge in [-0.3, -0.25) is 24.4 Å². The molecule has 5 aromatic heterocycles. The Morgan fingerprint density at radius 2 is 1.05 bits per heavy atom. The lowest BCUT2D eigenvalue weighted by Crippen LogP contribution is -2.47. The highest BCUT2D eigenvalue weighted by molar-refractivity contribution is 6.06. The van der Waals surface area contributed by atoms with Crippen LogP contribution in [0, 0.1) is 31.3 Å². The fourth-order valence-corrected chi connectivity index (χ4v) is 18.9. The third-order valence-electron chi connectivity index (χ3n) is 24.8. The van der Waals surface area contributed by atoms with Crippen molar-refractivity contribution in [3.63, 3.8) is 0 Å². The second-order valence-corrected chi connectivity index (χ2v) is 34.8. The number of urea groups is 3. The van der Waals surface area contributed by atoms with Crippen molar-refractivity contribution in [1.82, 2.24) is 59.9 Å². The molecule has 10 aliphatic rings. The Balaban J connectivity index is 0.570. The molecule has 9 amide bonds. The summed E-state index contributed by atoms with van der Waals surface area (Å²) < 4.78 is 88.8. The van der Waals surface area contributed by atoms with Crippen LogP contribution in [0.5, 0.6) is 17.6 Å². The average molecular weight is 1690 g/mol. The number of ether oxygens (including phenoxy) is 6.